The molecule has 1 aliphatic heterocycles. The van der Waals surface area contributed by atoms with E-state index < -0.39 is 18.4 Å². The van der Waals surface area contributed by atoms with Crippen molar-refractivity contribution in [3.05, 3.63) is 28.1 Å². The number of nitrogens with zero attached hydrogens (tertiary/aromatic N) is 1. The molecule has 0 spiro atoms. The van der Waals surface area contributed by atoms with E-state index in [1.54, 1.807) is 11.4 Å². The van der Waals surface area contributed by atoms with E-state index in [2.05, 4.69) is 0 Å². The second-order valence-electron chi connectivity index (χ2n) is 4.47. The van der Waals surface area contributed by atoms with Gasteiger partial charge in [-0.25, -0.2) is 4.39 Å². The topological polar surface area (TPSA) is 54.6 Å². The summed E-state index contributed by atoms with van der Waals surface area (Å²) in [4.78, 5) is 0. The van der Waals surface area contributed by atoms with Gasteiger partial charge in [-0.05, 0) is 11.4 Å². The van der Waals surface area contributed by atoms with Gasteiger partial charge in [-0.15, -0.1) is 11.3 Å². The Morgan fingerprint density at radius 1 is 1.58 bits per heavy atom. The zero-order valence-corrected chi connectivity index (χ0v) is 11.5. The van der Waals surface area contributed by atoms with Gasteiger partial charge in [0.15, 0.2) is 0 Å². The van der Waals surface area contributed by atoms with E-state index in [0.717, 1.165) is 0 Å². The molecule has 2 N–H and O–H groups in total. The average molecular weight is 301 g/mol. The van der Waals surface area contributed by atoms with E-state index in [1.165, 1.54) is 22.1 Å². The Labute approximate surface area is 117 Å². The number of ether oxygens (including phenoxy) is 1. The third-order valence-corrected chi connectivity index (χ3v) is 4.76. The van der Waals surface area contributed by atoms with E-state index in [0.29, 0.717) is 14.7 Å². The molecule has 19 heavy (non-hydrogen) atoms. The molecule has 0 saturated carbocycles. The van der Waals surface area contributed by atoms with Gasteiger partial charge < -0.3 is 19.5 Å². The van der Waals surface area contributed by atoms with E-state index in [9.17, 15) is 9.50 Å². The van der Waals surface area contributed by atoms with Gasteiger partial charge in [-0.1, -0.05) is 12.2 Å². The summed E-state index contributed by atoms with van der Waals surface area (Å²) in [5, 5.41) is 21.1. The Bertz CT molecular complexity index is 669. The molecular formula is C12H12FNO3S2. The zero-order chi connectivity index (χ0) is 13.6. The predicted octanol–water partition coefficient (Wildman–Crippen LogP) is 2.21. The Morgan fingerprint density at radius 2 is 2.37 bits per heavy atom. The summed E-state index contributed by atoms with van der Waals surface area (Å²) in [6.45, 7) is -0.269. The highest BCUT2D eigenvalue weighted by molar-refractivity contribution is 7.71. The highest BCUT2D eigenvalue weighted by Crippen LogP contribution is 2.32. The minimum Gasteiger partial charge on any atom is -0.394 e. The molecule has 0 radical (unpaired) electrons. The summed E-state index contributed by atoms with van der Waals surface area (Å²) in [6.07, 6.45) is -0.363. The van der Waals surface area contributed by atoms with Crippen LogP contribution >= 0.6 is 23.6 Å². The van der Waals surface area contributed by atoms with Crippen molar-refractivity contribution in [3.8, 4) is 0 Å². The lowest BCUT2D eigenvalue weighted by molar-refractivity contribution is -0.0449. The number of aromatic nitrogens is 1. The Kier molecular flexibility index (Phi) is 3.40. The molecule has 3 rings (SSSR count). The van der Waals surface area contributed by atoms with Crippen LogP contribution in [-0.4, -0.2) is 33.6 Å². The SMILES string of the molecule is OC[C@H]1O[C@@H](n2cc(F)c3ccsc3c2=S)C[C@H]1O. The number of rotatable bonds is 2. The van der Waals surface area contributed by atoms with Crippen molar-refractivity contribution in [2.24, 2.45) is 0 Å². The van der Waals surface area contributed by atoms with Gasteiger partial charge in [0.1, 0.15) is 22.8 Å². The van der Waals surface area contributed by atoms with Crippen LogP contribution in [0.25, 0.3) is 10.1 Å². The van der Waals surface area contributed by atoms with Crippen molar-refractivity contribution in [3.63, 3.8) is 0 Å². The number of halogens is 1. The summed E-state index contributed by atoms with van der Waals surface area (Å²) >= 11 is 6.72. The molecule has 1 fully saturated rings. The summed E-state index contributed by atoms with van der Waals surface area (Å²) in [5.74, 6) is -0.365. The number of aliphatic hydroxyl groups excluding tert-OH is 2. The minimum atomic E-state index is -0.765. The third kappa shape index (κ3) is 2.11. The van der Waals surface area contributed by atoms with Crippen LogP contribution in [0, 0.1) is 10.5 Å². The Balaban J connectivity index is 2.07. The normalized spacial score (nSPS) is 27.2. The van der Waals surface area contributed by atoms with Crippen LogP contribution < -0.4 is 0 Å². The van der Waals surface area contributed by atoms with E-state index >= 15 is 0 Å². The Morgan fingerprint density at radius 3 is 3.05 bits per heavy atom. The molecule has 3 atom stereocenters. The number of aliphatic hydroxyl groups is 2. The molecule has 3 heterocycles. The van der Waals surface area contributed by atoms with Crippen molar-refractivity contribution in [2.45, 2.75) is 24.9 Å². The van der Waals surface area contributed by atoms with Gasteiger partial charge in [-0.2, -0.15) is 0 Å². The molecule has 0 amide bonds. The van der Waals surface area contributed by atoms with Crippen LogP contribution in [0.5, 0.6) is 0 Å². The number of hydrogen-bond acceptors (Lipinski definition) is 5. The van der Waals surface area contributed by atoms with Crippen molar-refractivity contribution in [1.82, 2.24) is 4.57 Å². The van der Waals surface area contributed by atoms with Crippen molar-refractivity contribution in [2.75, 3.05) is 6.61 Å². The van der Waals surface area contributed by atoms with Gasteiger partial charge in [0, 0.05) is 18.0 Å². The highest BCUT2D eigenvalue weighted by atomic mass is 32.1. The van der Waals surface area contributed by atoms with Gasteiger partial charge in [0.2, 0.25) is 0 Å². The van der Waals surface area contributed by atoms with Gasteiger partial charge >= 0.3 is 0 Å². The van der Waals surface area contributed by atoms with Crippen LogP contribution in [-0.2, 0) is 4.74 Å². The lowest BCUT2D eigenvalue weighted by atomic mass is 10.2. The first-order chi connectivity index (χ1) is 9.11. The second-order valence-corrected chi connectivity index (χ2v) is 5.77. The van der Waals surface area contributed by atoms with E-state index in [4.69, 9.17) is 22.1 Å². The summed E-state index contributed by atoms with van der Waals surface area (Å²) in [7, 11) is 0. The number of fused-ring (bicyclic) bond motifs is 1. The summed E-state index contributed by atoms with van der Waals surface area (Å²) in [6, 6.07) is 1.69. The highest BCUT2D eigenvalue weighted by Gasteiger charge is 2.34. The fraction of sp³-hybridized carbons (Fsp3) is 0.417. The van der Waals surface area contributed by atoms with E-state index in [-0.39, 0.29) is 18.8 Å². The molecule has 4 nitrogen and oxygen atoms in total. The third-order valence-electron chi connectivity index (χ3n) is 3.30. The molecule has 1 saturated heterocycles. The van der Waals surface area contributed by atoms with Crippen molar-refractivity contribution in [1.29, 1.82) is 0 Å². The van der Waals surface area contributed by atoms with Crippen molar-refractivity contribution >= 4 is 33.6 Å². The van der Waals surface area contributed by atoms with E-state index in [1.807, 2.05) is 0 Å². The fourth-order valence-corrected chi connectivity index (χ4v) is 3.56. The molecule has 2 aromatic heterocycles. The standard InChI is InChI=1S/C12H12FNO3S2/c13-7-4-14(10-3-8(16)9(5-15)17-10)12(18)11-6(7)1-2-19-11/h1-2,4,8-10,15-16H,3,5H2/t8-,9-,10-/m1/s1. The molecule has 0 unspecified atom stereocenters. The molecule has 102 valence electrons. The smallest absolute Gasteiger partial charge is 0.148 e. The first-order valence-electron chi connectivity index (χ1n) is 5.84. The minimum absolute atomic E-state index is 0.269. The van der Waals surface area contributed by atoms with Crippen LogP contribution in [0.15, 0.2) is 17.6 Å². The van der Waals surface area contributed by atoms with Crippen LogP contribution in [0.3, 0.4) is 0 Å². The molecule has 0 aliphatic carbocycles. The van der Waals surface area contributed by atoms with Gasteiger partial charge in [-0.3, -0.25) is 0 Å². The van der Waals surface area contributed by atoms with Gasteiger partial charge in [0.05, 0.1) is 17.4 Å². The molecule has 7 heteroatoms. The second kappa shape index (κ2) is 4.92. The largest absolute Gasteiger partial charge is 0.394 e. The molecule has 1 aliphatic rings. The molecule has 0 bridgehead atoms. The fourth-order valence-electron chi connectivity index (χ4n) is 2.29. The predicted molar refractivity (Wildman–Crippen MR) is 72.2 cm³/mol. The zero-order valence-electron chi connectivity index (χ0n) is 9.82. The maximum Gasteiger partial charge on any atom is 0.148 e. The summed E-state index contributed by atoms with van der Waals surface area (Å²) in [5.41, 5.74) is 0. The maximum absolute atomic E-state index is 14.0. The number of hydrogen-bond donors (Lipinski definition) is 2. The molecule has 2 aromatic rings. The maximum atomic E-state index is 14.0. The van der Waals surface area contributed by atoms with Crippen LogP contribution in [0.4, 0.5) is 4.39 Å². The van der Waals surface area contributed by atoms with Crippen molar-refractivity contribution < 1.29 is 19.3 Å². The lowest BCUT2D eigenvalue weighted by Gasteiger charge is -2.16. The number of thiophene rings is 1. The lowest BCUT2D eigenvalue weighted by Crippen LogP contribution is -2.24. The first-order valence-corrected chi connectivity index (χ1v) is 7.13. The van der Waals surface area contributed by atoms with Crippen LogP contribution in [0.1, 0.15) is 12.6 Å². The Hall–Kier alpha value is -0.860. The van der Waals surface area contributed by atoms with Crippen LogP contribution in [0.2, 0.25) is 0 Å². The summed E-state index contributed by atoms with van der Waals surface area (Å²) < 4.78 is 22.2. The molecule has 0 aromatic carbocycles. The first kappa shape index (κ1) is 13.1. The average Bonchev–Trinajstić information content (AvgIpc) is 3.00. The molecular weight excluding hydrogens is 289 g/mol. The quantitative estimate of drug-likeness (QED) is 0.835. The van der Waals surface area contributed by atoms with Gasteiger partial charge in [0.25, 0.3) is 0 Å². The monoisotopic (exact) mass is 301 g/mol. The number of pyridine rings is 1.